The van der Waals surface area contributed by atoms with E-state index in [1.54, 1.807) is 12.1 Å². The predicted octanol–water partition coefficient (Wildman–Crippen LogP) is -0.524. The van der Waals surface area contributed by atoms with Gasteiger partial charge < -0.3 is 14.4 Å². The van der Waals surface area contributed by atoms with Crippen LogP contribution in [0.4, 0.5) is 0 Å². The number of carbonyl (C=O) groups excluding carboxylic acids is 1. The number of amides is 1. The summed E-state index contributed by atoms with van der Waals surface area (Å²) in [7, 11) is 1.39. The Morgan fingerprint density at radius 1 is 1.53 bits per heavy atom. The van der Waals surface area contributed by atoms with Crippen LogP contribution in [0.15, 0.2) is 22.8 Å². The highest BCUT2D eigenvalue weighted by Crippen LogP contribution is 2.12. The van der Waals surface area contributed by atoms with Gasteiger partial charge in [-0.2, -0.15) is 4.80 Å². The highest BCUT2D eigenvalue weighted by atomic mass is 16.4. The lowest BCUT2D eigenvalue weighted by molar-refractivity contribution is -0.143. The van der Waals surface area contributed by atoms with Gasteiger partial charge in [-0.1, -0.05) is 0 Å². The monoisotopic (exact) mass is 265 g/mol. The summed E-state index contributed by atoms with van der Waals surface area (Å²) in [5.74, 6) is -0.805. The van der Waals surface area contributed by atoms with Crippen LogP contribution >= 0.6 is 0 Å². The summed E-state index contributed by atoms with van der Waals surface area (Å²) < 4.78 is 5.09. The van der Waals surface area contributed by atoms with E-state index in [4.69, 9.17) is 9.52 Å². The average Bonchev–Trinajstić information content (AvgIpc) is 2.96. The molecular formula is C10H11N5O4. The zero-order valence-corrected chi connectivity index (χ0v) is 10.1. The number of carboxylic acids is 1. The van der Waals surface area contributed by atoms with Gasteiger partial charge in [0.25, 0.3) is 0 Å². The number of nitrogens with zero attached hydrogens (tertiary/aromatic N) is 5. The van der Waals surface area contributed by atoms with Crippen molar-refractivity contribution < 1.29 is 19.1 Å². The number of carboxylic acid groups (broad SMARTS) is 1. The molecule has 2 rings (SSSR count). The number of aliphatic carboxylic acids is 1. The molecule has 9 heteroatoms. The maximum atomic E-state index is 11.7. The molecule has 100 valence electrons. The number of hydrogen-bond acceptors (Lipinski definition) is 6. The molecule has 0 bridgehead atoms. The topological polar surface area (TPSA) is 114 Å². The third-order valence-corrected chi connectivity index (χ3v) is 2.27. The van der Waals surface area contributed by atoms with E-state index in [0.717, 1.165) is 9.70 Å². The van der Waals surface area contributed by atoms with Crippen molar-refractivity contribution in [1.29, 1.82) is 0 Å². The van der Waals surface area contributed by atoms with Crippen LogP contribution in [0.1, 0.15) is 0 Å². The second kappa shape index (κ2) is 5.29. The number of likely N-dealkylation sites (N-methyl/N-ethyl adjacent to an activating group) is 1. The van der Waals surface area contributed by atoms with Gasteiger partial charge in [0.05, 0.1) is 6.26 Å². The van der Waals surface area contributed by atoms with Crippen LogP contribution in [0.5, 0.6) is 0 Å². The number of carbonyl (C=O) groups is 2. The van der Waals surface area contributed by atoms with Crippen molar-refractivity contribution in [2.45, 2.75) is 6.54 Å². The molecular weight excluding hydrogens is 254 g/mol. The molecule has 0 atom stereocenters. The lowest BCUT2D eigenvalue weighted by atomic mass is 10.4. The highest BCUT2D eigenvalue weighted by molar-refractivity contribution is 5.80. The minimum atomic E-state index is -1.08. The molecule has 0 saturated carbocycles. The van der Waals surface area contributed by atoms with E-state index >= 15 is 0 Å². The molecule has 1 amide bonds. The van der Waals surface area contributed by atoms with Gasteiger partial charge in [-0.05, 0) is 17.3 Å². The Bertz CT molecular complexity index is 577. The van der Waals surface area contributed by atoms with Gasteiger partial charge in [0.15, 0.2) is 5.76 Å². The molecule has 0 aliphatic heterocycles. The van der Waals surface area contributed by atoms with Crippen molar-refractivity contribution in [2.24, 2.45) is 0 Å². The molecule has 2 aromatic heterocycles. The molecule has 0 fully saturated rings. The second-order valence-electron chi connectivity index (χ2n) is 3.76. The average molecular weight is 265 g/mol. The zero-order valence-electron chi connectivity index (χ0n) is 10.1. The Labute approximate surface area is 107 Å². The fraction of sp³-hybridized carbons (Fsp3) is 0.300. The van der Waals surface area contributed by atoms with E-state index < -0.39 is 11.9 Å². The first-order valence-corrected chi connectivity index (χ1v) is 5.33. The summed E-state index contributed by atoms with van der Waals surface area (Å²) in [6.45, 7) is -0.559. The summed E-state index contributed by atoms with van der Waals surface area (Å²) >= 11 is 0. The molecule has 0 aromatic carbocycles. The highest BCUT2D eigenvalue weighted by Gasteiger charge is 2.15. The Balaban J connectivity index is 2.00. The van der Waals surface area contributed by atoms with E-state index in [-0.39, 0.29) is 18.9 Å². The van der Waals surface area contributed by atoms with E-state index in [2.05, 4.69) is 15.4 Å². The van der Waals surface area contributed by atoms with Crippen molar-refractivity contribution in [2.75, 3.05) is 13.6 Å². The Morgan fingerprint density at radius 2 is 2.32 bits per heavy atom. The van der Waals surface area contributed by atoms with E-state index in [9.17, 15) is 9.59 Å². The molecule has 0 aliphatic carbocycles. The molecule has 0 saturated heterocycles. The quantitative estimate of drug-likeness (QED) is 0.773. The number of hydrogen-bond donors (Lipinski definition) is 1. The van der Waals surface area contributed by atoms with Gasteiger partial charge in [-0.25, -0.2) is 0 Å². The maximum Gasteiger partial charge on any atom is 0.323 e. The summed E-state index contributed by atoms with van der Waals surface area (Å²) in [6.07, 6.45) is 1.47. The number of rotatable bonds is 5. The van der Waals surface area contributed by atoms with E-state index in [1.165, 1.54) is 13.3 Å². The van der Waals surface area contributed by atoms with E-state index in [1.807, 2.05) is 0 Å². The fourth-order valence-electron chi connectivity index (χ4n) is 1.35. The molecule has 9 nitrogen and oxygen atoms in total. The molecule has 0 spiro atoms. The molecule has 19 heavy (non-hydrogen) atoms. The lowest BCUT2D eigenvalue weighted by Gasteiger charge is -2.13. The van der Waals surface area contributed by atoms with Gasteiger partial charge in [-0.15, -0.1) is 10.2 Å². The minimum Gasteiger partial charge on any atom is -0.480 e. The smallest absolute Gasteiger partial charge is 0.323 e. The van der Waals surface area contributed by atoms with Crippen LogP contribution in [0.3, 0.4) is 0 Å². The van der Waals surface area contributed by atoms with Crippen LogP contribution in [-0.4, -0.2) is 55.7 Å². The molecule has 1 N–H and O–H groups in total. The molecule has 2 aromatic rings. The molecule has 0 radical (unpaired) electrons. The van der Waals surface area contributed by atoms with Gasteiger partial charge >= 0.3 is 5.97 Å². The third-order valence-electron chi connectivity index (χ3n) is 2.27. The lowest BCUT2D eigenvalue weighted by Crippen LogP contribution is -2.34. The normalized spacial score (nSPS) is 10.4. The van der Waals surface area contributed by atoms with Crippen LogP contribution in [0.2, 0.25) is 0 Å². The molecule has 2 heterocycles. The summed E-state index contributed by atoms with van der Waals surface area (Å²) in [6, 6.07) is 3.35. The Kier molecular flexibility index (Phi) is 3.55. The van der Waals surface area contributed by atoms with Crippen LogP contribution < -0.4 is 0 Å². The minimum absolute atomic E-state index is 0.183. The van der Waals surface area contributed by atoms with Crippen molar-refractivity contribution in [3.05, 3.63) is 18.4 Å². The van der Waals surface area contributed by atoms with Gasteiger partial charge in [0, 0.05) is 7.05 Å². The van der Waals surface area contributed by atoms with Gasteiger partial charge in [0.2, 0.25) is 11.7 Å². The third kappa shape index (κ3) is 3.15. The van der Waals surface area contributed by atoms with Crippen molar-refractivity contribution in [1.82, 2.24) is 25.1 Å². The van der Waals surface area contributed by atoms with Gasteiger partial charge in [-0.3, -0.25) is 9.59 Å². The van der Waals surface area contributed by atoms with Gasteiger partial charge in [0.1, 0.15) is 13.1 Å². The first-order chi connectivity index (χ1) is 9.06. The van der Waals surface area contributed by atoms with Crippen molar-refractivity contribution >= 4 is 11.9 Å². The fourth-order valence-corrected chi connectivity index (χ4v) is 1.35. The van der Waals surface area contributed by atoms with Crippen LogP contribution in [0, 0.1) is 0 Å². The maximum absolute atomic E-state index is 11.7. The predicted molar refractivity (Wildman–Crippen MR) is 60.8 cm³/mol. The SMILES string of the molecule is CN(CC(=O)O)C(=O)Cn1nnc(-c2ccco2)n1. The number of furan rings is 1. The largest absolute Gasteiger partial charge is 0.480 e. The van der Waals surface area contributed by atoms with Crippen LogP contribution in [-0.2, 0) is 16.1 Å². The van der Waals surface area contributed by atoms with Crippen LogP contribution in [0.25, 0.3) is 11.6 Å². The Morgan fingerprint density at radius 3 is 2.95 bits per heavy atom. The number of aromatic nitrogens is 4. The first-order valence-electron chi connectivity index (χ1n) is 5.33. The van der Waals surface area contributed by atoms with Crippen molar-refractivity contribution in [3.63, 3.8) is 0 Å². The molecule has 0 unspecified atom stereocenters. The second-order valence-corrected chi connectivity index (χ2v) is 3.76. The number of tetrazole rings is 1. The van der Waals surface area contributed by atoms with Crippen molar-refractivity contribution in [3.8, 4) is 11.6 Å². The van der Waals surface area contributed by atoms with E-state index in [0.29, 0.717) is 5.76 Å². The summed E-state index contributed by atoms with van der Waals surface area (Å²) in [5, 5.41) is 20.0. The Hall–Kier alpha value is -2.71. The first kappa shape index (κ1) is 12.7. The molecule has 0 aliphatic rings. The summed E-state index contributed by atoms with van der Waals surface area (Å²) in [5.41, 5.74) is 0. The summed E-state index contributed by atoms with van der Waals surface area (Å²) in [4.78, 5) is 24.3. The standard InChI is InChI=1S/C10H11N5O4/c1-14(6-9(17)18)8(16)5-15-12-10(11-13-15)7-3-2-4-19-7/h2-4H,5-6H2,1H3,(H,17,18). The zero-order chi connectivity index (χ0) is 13.8.